The smallest absolute Gasteiger partial charge is 0.322 e. The van der Waals surface area contributed by atoms with E-state index in [1.54, 1.807) is 11.3 Å². The van der Waals surface area contributed by atoms with E-state index in [1.165, 1.54) is 17.7 Å². The molecule has 1 aromatic carbocycles. The number of carbonyl (C=O) groups excluding carboxylic acids is 1. The van der Waals surface area contributed by atoms with E-state index in [0.717, 1.165) is 24.3 Å². The summed E-state index contributed by atoms with van der Waals surface area (Å²) >= 11 is 1.69. The van der Waals surface area contributed by atoms with Gasteiger partial charge in [-0.1, -0.05) is 18.9 Å². The van der Waals surface area contributed by atoms with E-state index in [1.807, 2.05) is 29.2 Å². The van der Waals surface area contributed by atoms with Crippen molar-refractivity contribution in [3.05, 3.63) is 40.6 Å². The third-order valence-electron chi connectivity index (χ3n) is 4.56. The number of anilines is 1. The highest BCUT2D eigenvalue weighted by molar-refractivity contribution is 7.09. The van der Waals surface area contributed by atoms with Crippen LogP contribution in [0.25, 0.3) is 0 Å². The van der Waals surface area contributed by atoms with Crippen molar-refractivity contribution < 1.29 is 14.3 Å². The highest BCUT2D eigenvalue weighted by atomic mass is 32.1. The maximum Gasteiger partial charge on any atom is 0.322 e. The van der Waals surface area contributed by atoms with Crippen LogP contribution in [0.4, 0.5) is 10.5 Å². The molecule has 4 rings (SSSR count). The Kier molecular flexibility index (Phi) is 4.30. The molecule has 2 aromatic rings. The van der Waals surface area contributed by atoms with Gasteiger partial charge >= 0.3 is 6.03 Å². The van der Waals surface area contributed by atoms with Crippen LogP contribution in [0.15, 0.2) is 35.7 Å². The largest absolute Gasteiger partial charge is 0.454 e. The van der Waals surface area contributed by atoms with Crippen molar-refractivity contribution in [2.45, 2.75) is 38.3 Å². The van der Waals surface area contributed by atoms with E-state index in [9.17, 15) is 4.79 Å². The number of hydrogen-bond donors (Lipinski definition) is 1. The second-order valence-corrected chi connectivity index (χ2v) is 7.18. The topological polar surface area (TPSA) is 50.8 Å². The first-order valence-electron chi connectivity index (χ1n) is 8.29. The highest BCUT2D eigenvalue weighted by Crippen LogP contribution is 2.34. The third kappa shape index (κ3) is 3.19. The Morgan fingerprint density at radius 1 is 1.21 bits per heavy atom. The molecule has 0 unspecified atom stereocenters. The summed E-state index contributed by atoms with van der Waals surface area (Å²) in [6, 6.07) is 9.89. The Bertz CT molecular complexity index is 711. The summed E-state index contributed by atoms with van der Waals surface area (Å²) in [4.78, 5) is 16.1. The zero-order valence-electron chi connectivity index (χ0n) is 13.4. The fraction of sp³-hybridized carbons (Fsp3) is 0.389. The Balaban J connectivity index is 1.50. The van der Waals surface area contributed by atoms with E-state index in [-0.39, 0.29) is 12.8 Å². The van der Waals surface area contributed by atoms with E-state index in [4.69, 9.17) is 9.47 Å². The van der Waals surface area contributed by atoms with E-state index >= 15 is 0 Å². The normalized spacial score (nSPS) is 16.3. The number of ether oxygens (including phenoxy) is 2. The lowest BCUT2D eigenvalue weighted by Gasteiger charge is -2.28. The summed E-state index contributed by atoms with van der Waals surface area (Å²) in [6.45, 7) is 0.901. The van der Waals surface area contributed by atoms with Gasteiger partial charge in [-0.3, -0.25) is 0 Å². The van der Waals surface area contributed by atoms with Gasteiger partial charge in [-0.05, 0) is 36.4 Å². The van der Waals surface area contributed by atoms with Gasteiger partial charge < -0.3 is 19.7 Å². The van der Waals surface area contributed by atoms with Gasteiger partial charge in [-0.25, -0.2) is 4.79 Å². The van der Waals surface area contributed by atoms with Gasteiger partial charge in [0.15, 0.2) is 11.5 Å². The number of amides is 2. The summed E-state index contributed by atoms with van der Waals surface area (Å²) in [5.74, 6) is 1.40. The minimum Gasteiger partial charge on any atom is -0.454 e. The minimum atomic E-state index is -0.0471. The van der Waals surface area contributed by atoms with Crippen molar-refractivity contribution in [1.29, 1.82) is 0 Å². The second-order valence-electron chi connectivity index (χ2n) is 6.14. The SMILES string of the molecule is O=C(Nc1ccc2c(c1)OCO2)N(Cc1cccs1)C1CCCC1. The fourth-order valence-electron chi connectivity index (χ4n) is 3.32. The van der Waals surface area contributed by atoms with Crippen molar-refractivity contribution in [2.75, 3.05) is 12.1 Å². The first-order chi connectivity index (χ1) is 11.8. The summed E-state index contributed by atoms with van der Waals surface area (Å²) < 4.78 is 10.7. The number of nitrogens with one attached hydrogen (secondary N) is 1. The molecule has 2 heterocycles. The van der Waals surface area contributed by atoms with Gasteiger partial charge in [0.25, 0.3) is 0 Å². The lowest BCUT2D eigenvalue weighted by molar-refractivity contribution is 0.174. The maximum absolute atomic E-state index is 12.9. The molecule has 0 saturated heterocycles. The molecule has 5 nitrogen and oxygen atoms in total. The van der Waals surface area contributed by atoms with Crippen LogP contribution in [0.2, 0.25) is 0 Å². The molecule has 1 aliphatic carbocycles. The lowest BCUT2D eigenvalue weighted by atomic mass is 10.2. The minimum absolute atomic E-state index is 0.0471. The van der Waals surface area contributed by atoms with Crippen LogP contribution < -0.4 is 14.8 Å². The predicted octanol–water partition coefficient (Wildman–Crippen LogP) is 4.45. The molecule has 24 heavy (non-hydrogen) atoms. The van der Waals surface area contributed by atoms with Crippen molar-refractivity contribution in [3.63, 3.8) is 0 Å². The molecule has 2 aliphatic rings. The molecule has 0 radical (unpaired) electrons. The number of nitrogens with zero attached hydrogens (tertiary/aromatic N) is 1. The quantitative estimate of drug-likeness (QED) is 0.891. The van der Waals surface area contributed by atoms with Crippen LogP contribution in [-0.4, -0.2) is 23.8 Å². The van der Waals surface area contributed by atoms with Gasteiger partial charge in [0.05, 0.1) is 6.54 Å². The zero-order chi connectivity index (χ0) is 16.4. The Labute approximate surface area is 145 Å². The maximum atomic E-state index is 12.9. The lowest BCUT2D eigenvalue weighted by Crippen LogP contribution is -2.40. The van der Waals surface area contributed by atoms with Gasteiger partial charge in [0, 0.05) is 22.7 Å². The van der Waals surface area contributed by atoms with E-state index < -0.39 is 0 Å². The average Bonchev–Trinajstić information content (AvgIpc) is 3.33. The molecular weight excluding hydrogens is 324 g/mol. The number of benzene rings is 1. The van der Waals surface area contributed by atoms with Crippen molar-refractivity contribution in [3.8, 4) is 11.5 Å². The monoisotopic (exact) mass is 344 g/mol. The van der Waals surface area contributed by atoms with Crippen molar-refractivity contribution in [1.82, 2.24) is 4.90 Å². The molecule has 1 aromatic heterocycles. The van der Waals surface area contributed by atoms with Crippen molar-refractivity contribution in [2.24, 2.45) is 0 Å². The van der Waals surface area contributed by atoms with Crippen LogP contribution in [0.5, 0.6) is 11.5 Å². The van der Waals surface area contributed by atoms with Gasteiger partial charge in [-0.2, -0.15) is 0 Å². The summed E-state index contributed by atoms with van der Waals surface area (Å²) in [5.41, 5.74) is 0.735. The number of urea groups is 1. The summed E-state index contributed by atoms with van der Waals surface area (Å²) in [7, 11) is 0. The number of thiophene rings is 1. The molecule has 0 atom stereocenters. The molecule has 1 saturated carbocycles. The molecule has 126 valence electrons. The molecule has 6 heteroatoms. The first-order valence-corrected chi connectivity index (χ1v) is 9.17. The highest BCUT2D eigenvalue weighted by Gasteiger charge is 2.27. The molecule has 1 fully saturated rings. The molecule has 1 aliphatic heterocycles. The van der Waals surface area contributed by atoms with Gasteiger partial charge in [0.2, 0.25) is 6.79 Å². The van der Waals surface area contributed by atoms with Crippen LogP contribution in [0, 0.1) is 0 Å². The van der Waals surface area contributed by atoms with Gasteiger partial charge in [-0.15, -0.1) is 11.3 Å². The number of carbonyl (C=O) groups is 1. The Hall–Kier alpha value is -2.21. The fourth-order valence-corrected chi connectivity index (χ4v) is 4.03. The number of rotatable bonds is 4. The zero-order valence-corrected chi connectivity index (χ0v) is 14.2. The van der Waals surface area contributed by atoms with Crippen LogP contribution in [-0.2, 0) is 6.54 Å². The van der Waals surface area contributed by atoms with Crippen LogP contribution in [0.3, 0.4) is 0 Å². The summed E-state index contributed by atoms with van der Waals surface area (Å²) in [6.07, 6.45) is 4.56. The predicted molar refractivity (Wildman–Crippen MR) is 93.7 cm³/mol. The molecule has 0 bridgehead atoms. The molecule has 0 spiro atoms. The molecular formula is C18H20N2O3S. The first kappa shape index (κ1) is 15.3. The number of hydrogen-bond acceptors (Lipinski definition) is 4. The molecule has 2 amide bonds. The average molecular weight is 344 g/mol. The second kappa shape index (κ2) is 6.73. The third-order valence-corrected chi connectivity index (χ3v) is 5.42. The molecule has 1 N–H and O–H groups in total. The van der Waals surface area contributed by atoms with Gasteiger partial charge in [0.1, 0.15) is 0 Å². The standard InChI is InChI=1S/C18H20N2O3S/c21-18(19-13-7-8-16-17(10-13)23-12-22-16)20(14-4-1-2-5-14)11-15-6-3-9-24-15/h3,6-10,14H,1-2,4-5,11-12H2,(H,19,21). The number of fused-ring (bicyclic) bond motifs is 1. The van der Waals surface area contributed by atoms with Crippen LogP contribution >= 0.6 is 11.3 Å². The summed E-state index contributed by atoms with van der Waals surface area (Å²) in [5, 5.41) is 5.07. The Morgan fingerprint density at radius 2 is 2.04 bits per heavy atom. The van der Waals surface area contributed by atoms with E-state index in [0.29, 0.717) is 18.3 Å². The van der Waals surface area contributed by atoms with Crippen LogP contribution in [0.1, 0.15) is 30.6 Å². The Morgan fingerprint density at radius 3 is 2.83 bits per heavy atom. The van der Waals surface area contributed by atoms with Crippen molar-refractivity contribution >= 4 is 23.1 Å². The van der Waals surface area contributed by atoms with E-state index in [2.05, 4.69) is 16.8 Å².